The standard InChI is InChI=1S/C22H20N4O4/c1-13(2)20-24-22(30-26-20)16-6-4-5-7-17(16)23-21(27)18-12-19(29-25-18)14-8-10-15(28-3)11-9-14/h4-13H,1-3H3,(H,23,27). The topological polar surface area (TPSA) is 103 Å². The molecule has 0 aliphatic rings. The number of hydrogen-bond acceptors (Lipinski definition) is 7. The summed E-state index contributed by atoms with van der Waals surface area (Å²) in [5.74, 6) is 1.88. The Morgan fingerprint density at radius 3 is 2.50 bits per heavy atom. The molecule has 0 aliphatic carbocycles. The number of methoxy groups -OCH3 is 1. The monoisotopic (exact) mass is 404 g/mol. The molecule has 30 heavy (non-hydrogen) atoms. The number of nitrogens with one attached hydrogen (secondary N) is 1. The summed E-state index contributed by atoms with van der Waals surface area (Å²) in [5, 5.41) is 10.7. The molecule has 0 atom stereocenters. The fourth-order valence-electron chi connectivity index (χ4n) is 2.82. The first kappa shape index (κ1) is 19.4. The average Bonchev–Trinajstić information content (AvgIpc) is 3.44. The first-order valence-electron chi connectivity index (χ1n) is 9.40. The van der Waals surface area contributed by atoms with E-state index in [9.17, 15) is 4.79 Å². The summed E-state index contributed by atoms with van der Waals surface area (Å²) in [6, 6.07) is 16.1. The lowest BCUT2D eigenvalue weighted by molar-refractivity contribution is 0.101. The first-order chi connectivity index (χ1) is 14.5. The smallest absolute Gasteiger partial charge is 0.277 e. The van der Waals surface area contributed by atoms with Crippen molar-refractivity contribution in [2.75, 3.05) is 12.4 Å². The van der Waals surface area contributed by atoms with Gasteiger partial charge in [0.15, 0.2) is 17.3 Å². The molecule has 1 amide bonds. The fourth-order valence-corrected chi connectivity index (χ4v) is 2.82. The number of hydrogen-bond donors (Lipinski definition) is 1. The van der Waals surface area contributed by atoms with E-state index in [2.05, 4.69) is 20.6 Å². The number of carbonyl (C=O) groups excluding carboxylic acids is 1. The number of para-hydroxylation sites is 1. The normalized spacial score (nSPS) is 10.9. The van der Waals surface area contributed by atoms with Crippen molar-refractivity contribution in [2.45, 2.75) is 19.8 Å². The van der Waals surface area contributed by atoms with Crippen LogP contribution in [-0.4, -0.2) is 28.3 Å². The predicted molar refractivity (Wildman–Crippen MR) is 110 cm³/mol. The molecule has 0 bridgehead atoms. The minimum Gasteiger partial charge on any atom is -0.497 e. The van der Waals surface area contributed by atoms with Crippen LogP contribution in [-0.2, 0) is 0 Å². The molecule has 4 aromatic rings. The van der Waals surface area contributed by atoms with Crippen LogP contribution in [0.4, 0.5) is 5.69 Å². The lowest BCUT2D eigenvalue weighted by Gasteiger charge is -2.06. The first-order valence-corrected chi connectivity index (χ1v) is 9.40. The Balaban J connectivity index is 1.55. The van der Waals surface area contributed by atoms with E-state index in [1.165, 1.54) is 0 Å². The van der Waals surface area contributed by atoms with E-state index in [0.717, 1.165) is 11.3 Å². The molecule has 2 aromatic heterocycles. The summed E-state index contributed by atoms with van der Waals surface area (Å²) in [6.45, 7) is 3.96. The quantitative estimate of drug-likeness (QED) is 0.493. The number of ether oxygens (including phenoxy) is 1. The zero-order valence-corrected chi connectivity index (χ0v) is 16.7. The van der Waals surface area contributed by atoms with Crippen molar-refractivity contribution in [1.29, 1.82) is 0 Å². The molecule has 8 nitrogen and oxygen atoms in total. The summed E-state index contributed by atoms with van der Waals surface area (Å²) >= 11 is 0. The molecule has 2 aromatic carbocycles. The number of benzene rings is 2. The highest BCUT2D eigenvalue weighted by atomic mass is 16.5. The SMILES string of the molecule is COc1ccc(-c2cc(C(=O)Nc3ccccc3-c3nc(C(C)C)no3)no2)cc1. The van der Waals surface area contributed by atoms with Gasteiger partial charge in [-0.25, -0.2) is 0 Å². The van der Waals surface area contributed by atoms with Gasteiger partial charge in [0.2, 0.25) is 0 Å². The second-order valence-electron chi connectivity index (χ2n) is 6.92. The minimum atomic E-state index is -0.408. The van der Waals surface area contributed by atoms with Crippen LogP contribution in [0.5, 0.6) is 5.75 Å². The van der Waals surface area contributed by atoms with Gasteiger partial charge >= 0.3 is 0 Å². The van der Waals surface area contributed by atoms with Crippen LogP contribution in [0.1, 0.15) is 36.1 Å². The van der Waals surface area contributed by atoms with Gasteiger partial charge in [0.05, 0.1) is 18.4 Å². The molecule has 0 unspecified atom stereocenters. The highest BCUT2D eigenvalue weighted by Gasteiger charge is 2.18. The third-order valence-electron chi connectivity index (χ3n) is 4.48. The molecular formula is C22H20N4O4. The Morgan fingerprint density at radius 2 is 1.80 bits per heavy atom. The molecule has 4 rings (SSSR count). The van der Waals surface area contributed by atoms with E-state index >= 15 is 0 Å². The fraction of sp³-hybridized carbons (Fsp3) is 0.182. The van der Waals surface area contributed by atoms with Gasteiger partial charge in [-0.2, -0.15) is 4.98 Å². The van der Waals surface area contributed by atoms with Crippen LogP contribution >= 0.6 is 0 Å². The molecular weight excluding hydrogens is 384 g/mol. The van der Waals surface area contributed by atoms with Crippen molar-refractivity contribution in [3.8, 4) is 28.5 Å². The molecule has 0 saturated carbocycles. The van der Waals surface area contributed by atoms with E-state index < -0.39 is 5.91 Å². The Bertz CT molecular complexity index is 1160. The van der Waals surface area contributed by atoms with Crippen molar-refractivity contribution in [3.63, 3.8) is 0 Å². The molecule has 8 heteroatoms. The van der Waals surface area contributed by atoms with Crippen LogP contribution in [0.25, 0.3) is 22.8 Å². The minimum absolute atomic E-state index is 0.135. The van der Waals surface area contributed by atoms with Gasteiger partial charge in [0.1, 0.15) is 5.75 Å². The number of aromatic nitrogens is 3. The van der Waals surface area contributed by atoms with E-state index in [1.54, 1.807) is 25.3 Å². The third kappa shape index (κ3) is 3.93. The lowest BCUT2D eigenvalue weighted by Crippen LogP contribution is -2.12. The zero-order chi connectivity index (χ0) is 21.1. The van der Waals surface area contributed by atoms with Crippen molar-refractivity contribution in [2.24, 2.45) is 0 Å². The van der Waals surface area contributed by atoms with Crippen LogP contribution in [0.15, 0.2) is 63.6 Å². The van der Waals surface area contributed by atoms with E-state index in [1.807, 2.05) is 50.2 Å². The summed E-state index contributed by atoms with van der Waals surface area (Å²) in [5.41, 5.74) is 2.11. The van der Waals surface area contributed by atoms with Gasteiger partial charge in [-0.1, -0.05) is 36.3 Å². The van der Waals surface area contributed by atoms with Crippen LogP contribution in [0, 0.1) is 0 Å². The van der Waals surface area contributed by atoms with E-state index in [4.69, 9.17) is 13.8 Å². The van der Waals surface area contributed by atoms with Gasteiger partial charge < -0.3 is 19.1 Å². The third-order valence-corrected chi connectivity index (χ3v) is 4.48. The van der Waals surface area contributed by atoms with Gasteiger partial charge in [-0.15, -0.1) is 0 Å². The Labute approximate surface area is 172 Å². The van der Waals surface area contributed by atoms with Crippen LogP contribution in [0.3, 0.4) is 0 Å². The molecule has 152 valence electrons. The molecule has 0 saturated heterocycles. The van der Waals surface area contributed by atoms with Crippen molar-refractivity contribution >= 4 is 11.6 Å². The van der Waals surface area contributed by atoms with Crippen molar-refractivity contribution in [3.05, 3.63) is 66.1 Å². The summed E-state index contributed by atoms with van der Waals surface area (Å²) < 4.78 is 15.8. The highest BCUT2D eigenvalue weighted by Crippen LogP contribution is 2.28. The van der Waals surface area contributed by atoms with Crippen LogP contribution < -0.4 is 10.1 Å². The highest BCUT2D eigenvalue weighted by molar-refractivity contribution is 6.05. The number of carbonyl (C=O) groups is 1. The molecule has 0 aliphatic heterocycles. The predicted octanol–water partition coefficient (Wildman–Crippen LogP) is 4.78. The van der Waals surface area contributed by atoms with Crippen LogP contribution in [0.2, 0.25) is 0 Å². The lowest BCUT2D eigenvalue weighted by atomic mass is 10.1. The second-order valence-corrected chi connectivity index (χ2v) is 6.92. The number of nitrogens with zero attached hydrogens (tertiary/aromatic N) is 3. The van der Waals surface area contributed by atoms with Gasteiger partial charge in [0, 0.05) is 17.5 Å². The molecule has 0 radical (unpaired) electrons. The average molecular weight is 404 g/mol. The summed E-state index contributed by atoms with van der Waals surface area (Å²) in [7, 11) is 1.60. The van der Waals surface area contributed by atoms with Crippen molar-refractivity contribution < 1.29 is 18.6 Å². The number of anilines is 1. The summed E-state index contributed by atoms with van der Waals surface area (Å²) in [4.78, 5) is 17.1. The Morgan fingerprint density at radius 1 is 1.03 bits per heavy atom. The summed E-state index contributed by atoms with van der Waals surface area (Å²) in [6.07, 6.45) is 0. The Kier molecular flexibility index (Phi) is 5.30. The maximum atomic E-state index is 12.7. The van der Waals surface area contributed by atoms with Gasteiger partial charge in [-0.3, -0.25) is 4.79 Å². The maximum Gasteiger partial charge on any atom is 0.277 e. The molecule has 2 heterocycles. The maximum absolute atomic E-state index is 12.7. The zero-order valence-electron chi connectivity index (χ0n) is 16.7. The van der Waals surface area contributed by atoms with Crippen molar-refractivity contribution in [1.82, 2.24) is 15.3 Å². The van der Waals surface area contributed by atoms with Gasteiger partial charge in [0.25, 0.3) is 11.8 Å². The Hall–Kier alpha value is -3.94. The second kappa shape index (κ2) is 8.20. The molecule has 0 fully saturated rings. The molecule has 0 spiro atoms. The number of amides is 1. The van der Waals surface area contributed by atoms with E-state index in [-0.39, 0.29) is 11.6 Å². The molecule has 1 N–H and O–H groups in total. The number of rotatable bonds is 6. The van der Waals surface area contributed by atoms with E-state index in [0.29, 0.717) is 28.7 Å². The largest absolute Gasteiger partial charge is 0.497 e. The van der Waals surface area contributed by atoms with Gasteiger partial charge in [-0.05, 0) is 36.4 Å².